The number of nitrogen functional groups attached to an aromatic ring is 1. The molecular formula is C10H12N2O4S. The van der Waals surface area contributed by atoms with Gasteiger partial charge in [-0.15, -0.1) is 0 Å². The van der Waals surface area contributed by atoms with Gasteiger partial charge >= 0.3 is 5.97 Å². The molecule has 2 rings (SSSR count). The highest BCUT2D eigenvalue weighted by Gasteiger charge is 2.31. The first-order chi connectivity index (χ1) is 8.00. The lowest BCUT2D eigenvalue weighted by molar-refractivity contribution is -0.139. The monoisotopic (exact) mass is 256 g/mol. The highest BCUT2D eigenvalue weighted by Crippen LogP contribution is 2.18. The van der Waals surface area contributed by atoms with Crippen molar-refractivity contribution >= 4 is 21.7 Å². The number of rotatable bonds is 3. The molecule has 0 amide bonds. The number of carbonyl (C=O) groups is 1. The van der Waals surface area contributed by atoms with Crippen LogP contribution in [0, 0.1) is 0 Å². The van der Waals surface area contributed by atoms with Crippen LogP contribution in [0.4, 0.5) is 5.69 Å². The van der Waals surface area contributed by atoms with Crippen LogP contribution in [0.15, 0.2) is 29.2 Å². The minimum Gasteiger partial charge on any atom is -0.464 e. The number of anilines is 1. The predicted octanol–water partition coefficient (Wildman–Crippen LogP) is -0.137. The first kappa shape index (κ1) is 11.9. The first-order valence-corrected chi connectivity index (χ1v) is 6.52. The third-order valence-electron chi connectivity index (χ3n) is 2.44. The van der Waals surface area contributed by atoms with E-state index >= 15 is 0 Å². The number of benzene rings is 1. The first-order valence-electron chi connectivity index (χ1n) is 5.04. The van der Waals surface area contributed by atoms with Crippen LogP contribution in [0.25, 0.3) is 0 Å². The fourth-order valence-electron chi connectivity index (χ4n) is 1.58. The number of ether oxygens (including phenoxy) is 1. The molecule has 1 aliphatic heterocycles. The number of nitrogens with two attached hydrogens (primary N) is 1. The van der Waals surface area contributed by atoms with E-state index in [9.17, 15) is 13.2 Å². The van der Waals surface area contributed by atoms with Crippen molar-refractivity contribution in [2.45, 2.75) is 17.4 Å². The van der Waals surface area contributed by atoms with Crippen LogP contribution in [0.2, 0.25) is 0 Å². The van der Waals surface area contributed by atoms with Gasteiger partial charge in [-0.25, -0.2) is 8.42 Å². The Labute approximate surface area is 98.8 Å². The van der Waals surface area contributed by atoms with Crippen LogP contribution < -0.4 is 10.5 Å². The molecule has 0 spiro atoms. The van der Waals surface area contributed by atoms with Crippen molar-refractivity contribution in [3.63, 3.8) is 0 Å². The van der Waals surface area contributed by atoms with Crippen molar-refractivity contribution in [1.82, 2.24) is 4.72 Å². The van der Waals surface area contributed by atoms with Crippen LogP contribution >= 0.6 is 0 Å². The summed E-state index contributed by atoms with van der Waals surface area (Å²) < 4.78 is 30.9. The number of carbonyl (C=O) groups excluding carboxylic acids is 1. The summed E-state index contributed by atoms with van der Waals surface area (Å²) in [6.45, 7) is 0.232. The Kier molecular flexibility index (Phi) is 3.03. The molecule has 1 aromatic carbocycles. The lowest BCUT2D eigenvalue weighted by Gasteiger charge is -2.11. The standard InChI is InChI=1S/C10H12N2O4S/c11-7-3-1-2-4-9(7)17(14,15)12-8-5-6-16-10(8)13/h1-4,8,12H,5-6,11H2. The molecule has 1 aliphatic rings. The lowest BCUT2D eigenvalue weighted by Crippen LogP contribution is -2.38. The Bertz CT molecular complexity index is 541. The number of esters is 1. The fourth-order valence-corrected chi connectivity index (χ4v) is 2.93. The van der Waals surface area contributed by atoms with Gasteiger partial charge in [-0.1, -0.05) is 12.1 Å². The van der Waals surface area contributed by atoms with Gasteiger partial charge in [0.15, 0.2) is 0 Å². The van der Waals surface area contributed by atoms with E-state index in [0.717, 1.165) is 0 Å². The number of hydrogen-bond donors (Lipinski definition) is 2. The topological polar surface area (TPSA) is 98.5 Å². The van der Waals surface area contributed by atoms with Gasteiger partial charge in [-0.05, 0) is 12.1 Å². The maximum atomic E-state index is 12.0. The third-order valence-corrected chi connectivity index (χ3v) is 3.99. The molecule has 6 nitrogen and oxygen atoms in total. The van der Waals surface area contributed by atoms with E-state index in [-0.39, 0.29) is 17.2 Å². The summed E-state index contributed by atoms with van der Waals surface area (Å²) in [6, 6.07) is 5.26. The van der Waals surface area contributed by atoms with E-state index in [4.69, 9.17) is 5.73 Å². The molecule has 0 radical (unpaired) electrons. The smallest absolute Gasteiger partial charge is 0.324 e. The normalized spacial score (nSPS) is 20.2. The largest absolute Gasteiger partial charge is 0.464 e. The van der Waals surface area contributed by atoms with E-state index in [0.29, 0.717) is 6.42 Å². The summed E-state index contributed by atoms with van der Waals surface area (Å²) in [5.74, 6) is -0.553. The average Bonchev–Trinajstić information content (AvgIpc) is 2.64. The van der Waals surface area contributed by atoms with Gasteiger partial charge in [0, 0.05) is 6.42 Å². The second-order valence-corrected chi connectivity index (χ2v) is 5.35. The highest BCUT2D eigenvalue weighted by atomic mass is 32.2. The summed E-state index contributed by atoms with van der Waals surface area (Å²) in [6.07, 6.45) is 0.338. The van der Waals surface area contributed by atoms with Gasteiger partial charge < -0.3 is 10.5 Å². The molecule has 1 heterocycles. The Morgan fingerprint density at radius 2 is 2.06 bits per heavy atom. The van der Waals surface area contributed by atoms with E-state index in [2.05, 4.69) is 9.46 Å². The number of cyclic esters (lactones) is 1. The zero-order valence-corrected chi connectivity index (χ0v) is 9.74. The van der Waals surface area contributed by atoms with Crippen LogP contribution in [0.1, 0.15) is 6.42 Å². The van der Waals surface area contributed by atoms with E-state index in [1.807, 2.05) is 0 Å². The van der Waals surface area contributed by atoms with Crippen molar-refractivity contribution in [2.75, 3.05) is 12.3 Å². The zero-order chi connectivity index (χ0) is 12.5. The zero-order valence-electron chi connectivity index (χ0n) is 8.92. The van der Waals surface area contributed by atoms with Crippen LogP contribution in [0.3, 0.4) is 0 Å². The molecule has 1 unspecified atom stereocenters. The molecule has 0 saturated carbocycles. The average molecular weight is 256 g/mol. The summed E-state index contributed by atoms with van der Waals surface area (Å²) in [7, 11) is -3.78. The van der Waals surface area contributed by atoms with Crippen molar-refractivity contribution in [3.8, 4) is 0 Å². The third kappa shape index (κ3) is 2.40. The Hall–Kier alpha value is -1.60. The minimum atomic E-state index is -3.78. The highest BCUT2D eigenvalue weighted by molar-refractivity contribution is 7.89. The summed E-state index contributed by atoms with van der Waals surface area (Å²) in [5.41, 5.74) is 5.73. The second-order valence-electron chi connectivity index (χ2n) is 3.67. The fraction of sp³-hybridized carbons (Fsp3) is 0.300. The maximum Gasteiger partial charge on any atom is 0.324 e. The molecule has 17 heavy (non-hydrogen) atoms. The van der Waals surface area contributed by atoms with Gasteiger partial charge in [-0.2, -0.15) is 4.72 Å². The number of hydrogen-bond acceptors (Lipinski definition) is 5. The van der Waals surface area contributed by atoms with Gasteiger partial charge in [0.1, 0.15) is 10.9 Å². The van der Waals surface area contributed by atoms with E-state index < -0.39 is 22.0 Å². The van der Waals surface area contributed by atoms with Crippen LogP contribution in [-0.2, 0) is 19.6 Å². The molecular weight excluding hydrogens is 244 g/mol. The lowest BCUT2D eigenvalue weighted by atomic mass is 10.3. The number of para-hydroxylation sites is 1. The van der Waals surface area contributed by atoms with E-state index in [1.165, 1.54) is 12.1 Å². The second kappa shape index (κ2) is 4.34. The summed E-state index contributed by atoms with van der Waals surface area (Å²) >= 11 is 0. The number of nitrogens with one attached hydrogen (secondary N) is 1. The van der Waals surface area contributed by atoms with Crippen molar-refractivity contribution < 1.29 is 17.9 Å². The van der Waals surface area contributed by atoms with Crippen molar-refractivity contribution in [2.24, 2.45) is 0 Å². The molecule has 1 aromatic rings. The van der Waals surface area contributed by atoms with Crippen molar-refractivity contribution in [1.29, 1.82) is 0 Å². The van der Waals surface area contributed by atoms with Gasteiger partial charge in [0.05, 0.1) is 12.3 Å². The molecule has 0 bridgehead atoms. The molecule has 1 atom stereocenters. The van der Waals surface area contributed by atoms with Gasteiger partial charge in [0.2, 0.25) is 10.0 Å². The van der Waals surface area contributed by atoms with Crippen molar-refractivity contribution in [3.05, 3.63) is 24.3 Å². The van der Waals surface area contributed by atoms with E-state index in [1.54, 1.807) is 12.1 Å². The van der Waals surface area contributed by atoms with Gasteiger partial charge in [0.25, 0.3) is 0 Å². The quantitative estimate of drug-likeness (QED) is 0.579. The minimum absolute atomic E-state index is 0.0281. The summed E-state index contributed by atoms with van der Waals surface area (Å²) in [5, 5.41) is 0. The Morgan fingerprint density at radius 1 is 1.35 bits per heavy atom. The molecule has 7 heteroatoms. The van der Waals surface area contributed by atoms with Gasteiger partial charge in [-0.3, -0.25) is 4.79 Å². The van der Waals surface area contributed by atoms with Crippen LogP contribution in [0.5, 0.6) is 0 Å². The molecule has 1 fully saturated rings. The predicted molar refractivity (Wildman–Crippen MR) is 60.5 cm³/mol. The molecule has 1 saturated heterocycles. The summed E-state index contributed by atoms with van der Waals surface area (Å²) in [4.78, 5) is 11.2. The number of sulfonamides is 1. The SMILES string of the molecule is Nc1ccccc1S(=O)(=O)NC1CCOC1=O. The molecule has 0 aromatic heterocycles. The molecule has 3 N–H and O–H groups in total. The Balaban J connectivity index is 2.25. The molecule has 0 aliphatic carbocycles. The van der Waals surface area contributed by atoms with Crippen LogP contribution in [-0.4, -0.2) is 27.0 Å². The Morgan fingerprint density at radius 3 is 2.65 bits per heavy atom. The maximum absolute atomic E-state index is 12.0. The molecule has 92 valence electrons.